The highest BCUT2D eigenvalue weighted by molar-refractivity contribution is 5.94. The van der Waals surface area contributed by atoms with Crippen LogP contribution >= 0.6 is 0 Å². The highest BCUT2D eigenvalue weighted by atomic mass is 16.2. The first-order chi connectivity index (χ1) is 13.5. The summed E-state index contributed by atoms with van der Waals surface area (Å²) >= 11 is 0. The molecule has 2 aliphatic rings. The SMILES string of the molecule is C[C@@H](Nc1nc(C(=O)NN)nc2ncn(C[C@H]3CC[C@H](C)CC3)c12)C1CCC1. The number of nitrogens with two attached hydrogens (primary N) is 1. The number of nitrogens with zero attached hydrogens (tertiary/aromatic N) is 4. The van der Waals surface area contributed by atoms with Crippen LogP contribution in [0.15, 0.2) is 6.33 Å². The lowest BCUT2D eigenvalue weighted by atomic mass is 9.80. The summed E-state index contributed by atoms with van der Waals surface area (Å²) in [6.07, 6.45) is 10.7. The standard InChI is InChI=1S/C20H31N7O/c1-12-6-8-14(9-7-12)10-27-11-22-17-16(27)18(23-13(2)15-4-3-5-15)25-19(24-17)20(28)26-21/h11-15H,3-10,21H2,1-2H3,(H,26,28)(H,23,24,25)/t12-,13-,14-/m1/s1. The van der Waals surface area contributed by atoms with Crippen LogP contribution in [0, 0.1) is 17.8 Å². The summed E-state index contributed by atoms with van der Waals surface area (Å²) in [4.78, 5) is 25.4. The van der Waals surface area contributed by atoms with Crippen molar-refractivity contribution in [2.24, 2.45) is 23.6 Å². The molecular formula is C20H31N7O. The molecule has 0 unspecified atom stereocenters. The first-order valence-corrected chi connectivity index (χ1v) is 10.6. The summed E-state index contributed by atoms with van der Waals surface area (Å²) in [5.74, 6) is 7.65. The lowest BCUT2D eigenvalue weighted by molar-refractivity contribution is 0.0943. The van der Waals surface area contributed by atoms with E-state index in [9.17, 15) is 4.79 Å². The van der Waals surface area contributed by atoms with E-state index in [2.05, 4.69) is 44.1 Å². The third-order valence-electron chi connectivity index (χ3n) is 6.62. The molecule has 152 valence electrons. The molecule has 8 nitrogen and oxygen atoms in total. The van der Waals surface area contributed by atoms with E-state index in [1.54, 1.807) is 0 Å². The molecule has 2 fully saturated rings. The maximum Gasteiger partial charge on any atom is 0.303 e. The van der Waals surface area contributed by atoms with Crippen LogP contribution in [0.1, 0.15) is 69.4 Å². The average Bonchev–Trinajstić information content (AvgIpc) is 3.04. The fourth-order valence-electron chi connectivity index (χ4n) is 4.45. The zero-order valence-corrected chi connectivity index (χ0v) is 16.8. The van der Waals surface area contributed by atoms with Gasteiger partial charge in [0.25, 0.3) is 0 Å². The highest BCUT2D eigenvalue weighted by Gasteiger charge is 2.27. The van der Waals surface area contributed by atoms with Gasteiger partial charge in [-0.3, -0.25) is 10.2 Å². The lowest BCUT2D eigenvalue weighted by Gasteiger charge is -2.32. The van der Waals surface area contributed by atoms with Gasteiger partial charge in [0.1, 0.15) is 5.52 Å². The predicted octanol–water partition coefficient (Wildman–Crippen LogP) is 2.86. The van der Waals surface area contributed by atoms with Crippen LogP contribution in [0.25, 0.3) is 11.2 Å². The molecule has 0 spiro atoms. The molecule has 0 aliphatic heterocycles. The summed E-state index contributed by atoms with van der Waals surface area (Å²) in [5, 5.41) is 3.54. The van der Waals surface area contributed by atoms with Crippen LogP contribution in [0.5, 0.6) is 0 Å². The molecule has 0 bridgehead atoms. The first-order valence-electron chi connectivity index (χ1n) is 10.6. The second kappa shape index (κ2) is 8.03. The summed E-state index contributed by atoms with van der Waals surface area (Å²) in [6.45, 7) is 5.44. The van der Waals surface area contributed by atoms with Crippen molar-refractivity contribution in [2.45, 2.75) is 71.4 Å². The number of amides is 1. The minimum absolute atomic E-state index is 0.0510. The maximum atomic E-state index is 12.0. The monoisotopic (exact) mass is 385 g/mol. The van der Waals surface area contributed by atoms with E-state index in [0.29, 0.717) is 29.3 Å². The smallest absolute Gasteiger partial charge is 0.303 e. The quantitative estimate of drug-likeness (QED) is 0.401. The molecule has 1 amide bonds. The van der Waals surface area contributed by atoms with Crippen molar-refractivity contribution in [2.75, 3.05) is 5.32 Å². The number of aromatic nitrogens is 4. The van der Waals surface area contributed by atoms with Gasteiger partial charge in [-0.2, -0.15) is 0 Å². The van der Waals surface area contributed by atoms with Crippen molar-refractivity contribution in [1.82, 2.24) is 24.9 Å². The molecule has 2 aromatic rings. The topological polar surface area (TPSA) is 111 Å². The summed E-state index contributed by atoms with van der Waals surface area (Å²) in [7, 11) is 0. The van der Waals surface area contributed by atoms with Gasteiger partial charge in [0.05, 0.1) is 6.33 Å². The second-order valence-electron chi connectivity index (χ2n) is 8.69. The Morgan fingerprint density at radius 2 is 2.00 bits per heavy atom. The number of fused-ring (bicyclic) bond motifs is 1. The molecule has 2 heterocycles. The van der Waals surface area contributed by atoms with Crippen LogP contribution in [0.2, 0.25) is 0 Å². The molecule has 0 aromatic carbocycles. The third kappa shape index (κ3) is 3.83. The van der Waals surface area contributed by atoms with Crippen LogP contribution in [0.3, 0.4) is 0 Å². The van der Waals surface area contributed by atoms with E-state index in [4.69, 9.17) is 5.84 Å². The van der Waals surface area contributed by atoms with E-state index >= 15 is 0 Å². The summed E-state index contributed by atoms with van der Waals surface area (Å²) in [5.41, 5.74) is 3.55. The molecule has 0 saturated heterocycles. The zero-order valence-electron chi connectivity index (χ0n) is 16.8. The van der Waals surface area contributed by atoms with Gasteiger partial charge in [0.2, 0.25) is 5.82 Å². The highest BCUT2D eigenvalue weighted by Crippen LogP contribution is 2.33. The molecule has 1 atom stereocenters. The Morgan fingerprint density at radius 1 is 1.25 bits per heavy atom. The molecule has 2 aromatic heterocycles. The van der Waals surface area contributed by atoms with E-state index in [0.717, 1.165) is 18.0 Å². The van der Waals surface area contributed by atoms with Gasteiger partial charge in [-0.25, -0.2) is 20.8 Å². The van der Waals surface area contributed by atoms with Crippen LogP contribution in [-0.4, -0.2) is 31.5 Å². The Hall–Kier alpha value is -2.22. The maximum absolute atomic E-state index is 12.0. The van der Waals surface area contributed by atoms with Gasteiger partial charge in [-0.05, 0) is 50.4 Å². The number of hydrogen-bond acceptors (Lipinski definition) is 6. The largest absolute Gasteiger partial charge is 0.365 e. The summed E-state index contributed by atoms with van der Waals surface area (Å²) in [6, 6.07) is 0.291. The third-order valence-corrected chi connectivity index (χ3v) is 6.62. The second-order valence-corrected chi connectivity index (χ2v) is 8.69. The van der Waals surface area contributed by atoms with Crippen molar-refractivity contribution in [3.63, 3.8) is 0 Å². The number of hydrogen-bond donors (Lipinski definition) is 3. The fraction of sp³-hybridized carbons (Fsp3) is 0.700. The Bertz CT molecular complexity index is 836. The number of nitrogen functional groups attached to an aromatic ring is 1. The number of rotatable bonds is 6. The molecule has 2 saturated carbocycles. The van der Waals surface area contributed by atoms with Gasteiger partial charge in [-0.15, -0.1) is 0 Å². The van der Waals surface area contributed by atoms with E-state index in [-0.39, 0.29) is 5.82 Å². The Kier molecular flexibility index (Phi) is 5.48. The van der Waals surface area contributed by atoms with Crippen molar-refractivity contribution in [1.29, 1.82) is 0 Å². The minimum Gasteiger partial charge on any atom is -0.365 e. The zero-order chi connectivity index (χ0) is 19.7. The number of hydrazine groups is 1. The molecule has 2 aliphatic carbocycles. The van der Waals surface area contributed by atoms with Gasteiger partial charge in [0.15, 0.2) is 11.5 Å². The molecular weight excluding hydrogens is 354 g/mol. The molecule has 8 heteroatoms. The predicted molar refractivity (Wildman–Crippen MR) is 109 cm³/mol. The van der Waals surface area contributed by atoms with Gasteiger partial charge in [0, 0.05) is 12.6 Å². The average molecular weight is 386 g/mol. The Morgan fingerprint density at radius 3 is 2.64 bits per heavy atom. The molecule has 28 heavy (non-hydrogen) atoms. The number of anilines is 1. The first kappa shape index (κ1) is 19.1. The fourth-order valence-corrected chi connectivity index (χ4v) is 4.45. The number of carbonyl (C=O) groups excluding carboxylic acids is 1. The van der Waals surface area contributed by atoms with Crippen molar-refractivity contribution < 1.29 is 4.79 Å². The van der Waals surface area contributed by atoms with Crippen molar-refractivity contribution >= 4 is 22.9 Å². The van der Waals surface area contributed by atoms with Gasteiger partial charge in [-0.1, -0.05) is 26.2 Å². The molecule has 0 radical (unpaired) electrons. The van der Waals surface area contributed by atoms with Crippen molar-refractivity contribution in [3.8, 4) is 0 Å². The summed E-state index contributed by atoms with van der Waals surface area (Å²) < 4.78 is 2.16. The Labute approximate surface area is 165 Å². The van der Waals surface area contributed by atoms with Gasteiger partial charge < -0.3 is 9.88 Å². The lowest BCUT2D eigenvalue weighted by Crippen LogP contribution is -2.33. The number of imidazole rings is 1. The molecule has 4 rings (SSSR count). The van der Waals surface area contributed by atoms with Crippen LogP contribution < -0.4 is 16.6 Å². The number of carbonyl (C=O) groups is 1. The van der Waals surface area contributed by atoms with E-state index in [1.807, 2.05) is 6.33 Å². The van der Waals surface area contributed by atoms with Crippen LogP contribution in [-0.2, 0) is 6.54 Å². The Balaban J connectivity index is 1.65. The normalized spacial score (nSPS) is 24.0. The van der Waals surface area contributed by atoms with Crippen LogP contribution in [0.4, 0.5) is 5.82 Å². The van der Waals surface area contributed by atoms with Gasteiger partial charge >= 0.3 is 5.91 Å². The minimum atomic E-state index is -0.503. The van der Waals surface area contributed by atoms with E-state index in [1.165, 1.54) is 44.9 Å². The van der Waals surface area contributed by atoms with Crippen molar-refractivity contribution in [3.05, 3.63) is 12.2 Å². The number of nitrogens with one attached hydrogen (secondary N) is 2. The molecule has 4 N–H and O–H groups in total. The van der Waals surface area contributed by atoms with E-state index < -0.39 is 5.91 Å².